The summed E-state index contributed by atoms with van der Waals surface area (Å²) in [5, 5.41) is 3.85. The number of hydrogen-bond acceptors (Lipinski definition) is 4. The number of fused-ring (bicyclic) bond motifs is 1. The second-order valence-corrected chi connectivity index (χ2v) is 7.12. The number of para-hydroxylation sites is 2. The van der Waals surface area contributed by atoms with Crippen LogP contribution in [0.2, 0.25) is 0 Å². The van der Waals surface area contributed by atoms with E-state index in [2.05, 4.69) is 24.1 Å². The summed E-state index contributed by atoms with van der Waals surface area (Å²) in [6.45, 7) is 7.64. The molecule has 1 atom stereocenters. The molecule has 0 spiro atoms. The van der Waals surface area contributed by atoms with Gasteiger partial charge < -0.3 is 10.1 Å². The van der Waals surface area contributed by atoms with E-state index in [0.717, 1.165) is 22.2 Å². The lowest BCUT2D eigenvalue weighted by Gasteiger charge is -2.19. The number of aryl methyl sites for hydroxylation is 1. The molecule has 1 amide bonds. The molecule has 0 radical (unpaired) electrons. The highest BCUT2D eigenvalue weighted by Gasteiger charge is 2.22. The van der Waals surface area contributed by atoms with Crippen LogP contribution in [0.25, 0.3) is 10.9 Å². The molecule has 1 aromatic heterocycles. The zero-order chi connectivity index (χ0) is 20.3. The maximum absolute atomic E-state index is 12.6. The van der Waals surface area contributed by atoms with Gasteiger partial charge in [0.25, 0.3) is 5.91 Å². The Bertz CT molecular complexity index is 1030. The molecule has 0 aliphatic rings. The van der Waals surface area contributed by atoms with Crippen molar-refractivity contribution in [1.29, 1.82) is 0 Å². The molecule has 1 heterocycles. The first-order valence-corrected chi connectivity index (χ1v) is 9.34. The van der Waals surface area contributed by atoms with E-state index in [0.29, 0.717) is 5.52 Å². The van der Waals surface area contributed by atoms with Gasteiger partial charge in [-0.1, -0.05) is 56.3 Å². The van der Waals surface area contributed by atoms with Crippen LogP contribution >= 0.6 is 0 Å². The molecule has 0 saturated heterocycles. The molecular weight excluding hydrogens is 352 g/mol. The second kappa shape index (κ2) is 8.21. The van der Waals surface area contributed by atoms with Crippen molar-refractivity contribution in [3.63, 3.8) is 0 Å². The molecule has 2 aromatic carbocycles. The number of rotatable bonds is 5. The molecular formula is C23H24N2O3. The summed E-state index contributed by atoms with van der Waals surface area (Å²) >= 11 is 0. The number of amides is 1. The first kappa shape index (κ1) is 19.5. The third kappa shape index (κ3) is 4.19. The van der Waals surface area contributed by atoms with Crippen LogP contribution in [-0.4, -0.2) is 23.0 Å². The number of carbonyl (C=O) groups excluding carboxylic acids is 2. The molecule has 144 valence electrons. The summed E-state index contributed by atoms with van der Waals surface area (Å²) in [5.41, 5.74) is 3.67. The molecule has 0 aliphatic heterocycles. The molecule has 3 aromatic rings. The van der Waals surface area contributed by atoms with E-state index in [1.807, 2.05) is 55.5 Å². The third-order valence-corrected chi connectivity index (χ3v) is 4.64. The van der Waals surface area contributed by atoms with Crippen LogP contribution in [0.3, 0.4) is 0 Å². The number of nitrogens with zero attached hydrogens (tertiary/aromatic N) is 1. The van der Waals surface area contributed by atoms with Gasteiger partial charge in [0.15, 0.2) is 6.10 Å². The van der Waals surface area contributed by atoms with Gasteiger partial charge in [0.2, 0.25) is 0 Å². The molecule has 1 unspecified atom stereocenters. The largest absolute Gasteiger partial charge is 0.448 e. The van der Waals surface area contributed by atoms with Gasteiger partial charge in [0.05, 0.1) is 5.52 Å². The second-order valence-electron chi connectivity index (χ2n) is 7.12. The maximum Gasteiger partial charge on any atom is 0.357 e. The minimum atomic E-state index is -0.944. The topological polar surface area (TPSA) is 68.3 Å². The Hall–Kier alpha value is -3.21. The number of nitrogens with one attached hydrogen (secondary N) is 1. The van der Waals surface area contributed by atoms with Crippen molar-refractivity contribution in [3.05, 3.63) is 71.4 Å². The predicted molar refractivity (Wildman–Crippen MR) is 111 cm³/mol. The van der Waals surface area contributed by atoms with Crippen LogP contribution in [0.4, 0.5) is 5.69 Å². The zero-order valence-electron chi connectivity index (χ0n) is 16.5. The summed E-state index contributed by atoms with van der Waals surface area (Å²) in [6.07, 6.45) is -0.944. The highest BCUT2D eigenvalue weighted by Crippen LogP contribution is 2.27. The van der Waals surface area contributed by atoms with Crippen molar-refractivity contribution >= 4 is 28.5 Å². The number of hydrogen-bond donors (Lipinski definition) is 1. The fourth-order valence-electron chi connectivity index (χ4n) is 3.02. The number of anilines is 1. The van der Waals surface area contributed by atoms with Crippen LogP contribution < -0.4 is 5.32 Å². The zero-order valence-corrected chi connectivity index (χ0v) is 16.5. The Labute approximate surface area is 164 Å². The van der Waals surface area contributed by atoms with Crippen LogP contribution in [-0.2, 0) is 9.53 Å². The summed E-state index contributed by atoms with van der Waals surface area (Å²) in [4.78, 5) is 29.4. The first-order valence-electron chi connectivity index (χ1n) is 9.34. The number of carbonyl (C=O) groups is 2. The summed E-state index contributed by atoms with van der Waals surface area (Å²) in [5.74, 6) is -0.734. The van der Waals surface area contributed by atoms with Crippen molar-refractivity contribution in [1.82, 2.24) is 4.98 Å². The van der Waals surface area contributed by atoms with Crippen LogP contribution in [0.15, 0.2) is 54.6 Å². The smallest absolute Gasteiger partial charge is 0.357 e. The number of esters is 1. The highest BCUT2D eigenvalue weighted by atomic mass is 16.5. The van der Waals surface area contributed by atoms with Gasteiger partial charge in [-0.2, -0.15) is 0 Å². The van der Waals surface area contributed by atoms with Gasteiger partial charge in [-0.15, -0.1) is 0 Å². The van der Waals surface area contributed by atoms with Crippen molar-refractivity contribution in [2.75, 3.05) is 5.32 Å². The van der Waals surface area contributed by atoms with E-state index in [1.165, 1.54) is 0 Å². The SMILES string of the molecule is Cc1cccc(C(C)C)c1NC(=O)C(C)OC(=O)c1ccc2ccccc2n1. The molecule has 0 fully saturated rings. The number of aromatic nitrogens is 1. The quantitative estimate of drug-likeness (QED) is 0.646. The predicted octanol–water partition coefficient (Wildman–Crippen LogP) is 4.85. The Morgan fingerprint density at radius 1 is 0.964 bits per heavy atom. The van der Waals surface area contributed by atoms with Crippen LogP contribution in [0.1, 0.15) is 48.3 Å². The van der Waals surface area contributed by atoms with Gasteiger partial charge in [0.1, 0.15) is 5.69 Å². The average Bonchev–Trinajstić information content (AvgIpc) is 2.68. The maximum atomic E-state index is 12.6. The Morgan fingerprint density at radius 3 is 2.46 bits per heavy atom. The normalized spacial score (nSPS) is 12.0. The van der Waals surface area contributed by atoms with Crippen molar-refractivity contribution in [2.45, 2.75) is 39.7 Å². The molecule has 5 nitrogen and oxygen atoms in total. The fraction of sp³-hybridized carbons (Fsp3) is 0.261. The molecule has 1 N–H and O–H groups in total. The van der Waals surface area contributed by atoms with E-state index in [4.69, 9.17) is 4.74 Å². The van der Waals surface area contributed by atoms with E-state index in [1.54, 1.807) is 13.0 Å². The molecule has 3 rings (SSSR count). The lowest BCUT2D eigenvalue weighted by molar-refractivity contribution is -0.123. The Kier molecular flexibility index (Phi) is 5.73. The number of ether oxygens (including phenoxy) is 1. The standard InChI is InChI=1S/C23H24N2O3/c1-14(2)18-10-7-8-15(3)21(18)25-22(26)16(4)28-23(27)20-13-12-17-9-5-6-11-19(17)24-20/h5-14,16H,1-4H3,(H,25,26). The summed E-state index contributed by atoms with van der Waals surface area (Å²) in [7, 11) is 0. The van der Waals surface area contributed by atoms with E-state index in [-0.39, 0.29) is 17.5 Å². The van der Waals surface area contributed by atoms with E-state index >= 15 is 0 Å². The van der Waals surface area contributed by atoms with Crippen molar-refractivity contribution in [2.24, 2.45) is 0 Å². The molecule has 28 heavy (non-hydrogen) atoms. The molecule has 0 aliphatic carbocycles. The van der Waals surface area contributed by atoms with Crippen LogP contribution in [0, 0.1) is 6.92 Å². The monoisotopic (exact) mass is 376 g/mol. The van der Waals surface area contributed by atoms with Crippen LogP contribution in [0.5, 0.6) is 0 Å². The van der Waals surface area contributed by atoms with Gasteiger partial charge in [0, 0.05) is 11.1 Å². The van der Waals surface area contributed by atoms with Gasteiger partial charge >= 0.3 is 5.97 Å². The Morgan fingerprint density at radius 2 is 1.71 bits per heavy atom. The molecule has 0 bridgehead atoms. The Balaban J connectivity index is 1.72. The van der Waals surface area contributed by atoms with Gasteiger partial charge in [-0.25, -0.2) is 9.78 Å². The number of benzene rings is 2. The van der Waals surface area contributed by atoms with Gasteiger partial charge in [-0.05, 0) is 43.0 Å². The van der Waals surface area contributed by atoms with Crippen molar-refractivity contribution in [3.8, 4) is 0 Å². The summed E-state index contributed by atoms with van der Waals surface area (Å²) in [6, 6.07) is 16.8. The van der Waals surface area contributed by atoms with Crippen molar-refractivity contribution < 1.29 is 14.3 Å². The summed E-state index contributed by atoms with van der Waals surface area (Å²) < 4.78 is 5.35. The lowest BCUT2D eigenvalue weighted by Crippen LogP contribution is -2.31. The number of pyridine rings is 1. The van der Waals surface area contributed by atoms with E-state index < -0.39 is 12.1 Å². The minimum Gasteiger partial charge on any atom is -0.448 e. The van der Waals surface area contributed by atoms with Gasteiger partial charge in [-0.3, -0.25) is 4.79 Å². The highest BCUT2D eigenvalue weighted by molar-refractivity contribution is 5.98. The first-order chi connectivity index (χ1) is 13.4. The molecule has 5 heteroatoms. The third-order valence-electron chi connectivity index (χ3n) is 4.64. The lowest BCUT2D eigenvalue weighted by atomic mass is 9.98. The average molecular weight is 376 g/mol. The minimum absolute atomic E-state index is 0.178. The fourth-order valence-corrected chi connectivity index (χ4v) is 3.02. The van der Waals surface area contributed by atoms with E-state index in [9.17, 15) is 9.59 Å². The molecule has 0 saturated carbocycles.